The number of amides is 2. The minimum atomic E-state index is -0.581. The number of nitrogens with zero attached hydrogens (tertiary/aromatic N) is 1. The molecule has 2 atom stereocenters. The second-order valence-electron chi connectivity index (χ2n) is 8.72. The predicted octanol–water partition coefficient (Wildman–Crippen LogP) is 3.14. The Kier molecular flexibility index (Phi) is 6.58. The van der Waals surface area contributed by atoms with Crippen LogP contribution in [0.1, 0.15) is 56.5 Å². The van der Waals surface area contributed by atoms with Gasteiger partial charge >= 0.3 is 6.09 Å². The van der Waals surface area contributed by atoms with Crippen LogP contribution in [0.4, 0.5) is 10.5 Å². The summed E-state index contributed by atoms with van der Waals surface area (Å²) >= 11 is 0. The van der Waals surface area contributed by atoms with Crippen molar-refractivity contribution in [3.63, 3.8) is 0 Å². The van der Waals surface area contributed by atoms with Crippen molar-refractivity contribution >= 4 is 29.3 Å². The molecule has 1 N–H and O–H groups in total. The molecule has 2 amide bonds. The second-order valence-corrected chi connectivity index (χ2v) is 8.72. The van der Waals surface area contributed by atoms with Gasteiger partial charge in [-0.1, -0.05) is 27.7 Å². The molecule has 0 aromatic heterocycles. The van der Waals surface area contributed by atoms with Crippen LogP contribution < -0.4 is 10.2 Å². The van der Waals surface area contributed by atoms with E-state index in [1.54, 1.807) is 26.0 Å². The predicted molar refractivity (Wildman–Crippen MR) is 113 cm³/mol. The summed E-state index contributed by atoms with van der Waals surface area (Å²) in [6.07, 6.45) is 1.11. The smallest absolute Gasteiger partial charge is 0.414 e. The van der Waals surface area contributed by atoms with Crippen LogP contribution in [0.15, 0.2) is 18.2 Å². The first-order valence-electron chi connectivity index (χ1n) is 10.7. The first-order valence-corrected chi connectivity index (χ1v) is 10.7. The highest BCUT2D eigenvalue weighted by Gasteiger charge is 2.35. The molecule has 7 heteroatoms. The van der Waals surface area contributed by atoms with E-state index >= 15 is 0 Å². The van der Waals surface area contributed by atoms with Crippen molar-refractivity contribution in [2.45, 2.75) is 53.1 Å². The van der Waals surface area contributed by atoms with Crippen LogP contribution in [0.5, 0.6) is 0 Å². The van der Waals surface area contributed by atoms with Gasteiger partial charge in [-0.05, 0) is 43.0 Å². The molecule has 0 bridgehead atoms. The fraction of sp³-hybridized carbons (Fsp3) is 0.565. The molecule has 30 heavy (non-hydrogen) atoms. The number of nitrogens with one attached hydrogen (secondary N) is 1. The van der Waals surface area contributed by atoms with Crippen LogP contribution in [0.2, 0.25) is 0 Å². The third-order valence-electron chi connectivity index (χ3n) is 5.74. The van der Waals surface area contributed by atoms with Gasteiger partial charge in [0.05, 0.1) is 19.0 Å². The summed E-state index contributed by atoms with van der Waals surface area (Å²) in [6.45, 7) is 7.85. The number of ketones is 2. The zero-order chi connectivity index (χ0) is 22.0. The molecule has 1 saturated heterocycles. The lowest BCUT2D eigenvalue weighted by molar-refractivity contribution is -0.125. The van der Waals surface area contributed by atoms with Crippen molar-refractivity contribution in [2.24, 2.45) is 17.8 Å². The Bertz CT molecular complexity index is 861. The van der Waals surface area contributed by atoms with Crippen molar-refractivity contribution in [1.82, 2.24) is 5.32 Å². The maximum absolute atomic E-state index is 13.0. The van der Waals surface area contributed by atoms with Crippen molar-refractivity contribution < 1.29 is 23.9 Å². The van der Waals surface area contributed by atoms with Crippen LogP contribution in [0.25, 0.3) is 0 Å². The largest absolute Gasteiger partial charge is 0.442 e. The van der Waals surface area contributed by atoms with E-state index in [2.05, 4.69) is 5.32 Å². The van der Waals surface area contributed by atoms with Gasteiger partial charge in [0.2, 0.25) is 5.91 Å². The van der Waals surface area contributed by atoms with E-state index in [0.717, 1.165) is 12.0 Å². The first-order chi connectivity index (χ1) is 14.2. The fourth-order valence-electron chi connectivity index (χ4n) is 3.94. The van der Waals surface area contributed by atoms with Crippen LogP contribution >= 0.6 is 0 Å². The van der Waals surface area contributed by atoms with Gasteiger partial charge < -0.3 is 10.1 Å². The molecule has 1 aliphatic carbocycles. The maximum Gasteiger partial charge on any atom is 0.414 e. The Labute approximate surface area is 177 Å². The van der Waals surface area contributed by atoms with Crippen molar-refractivity contribution in [3.8, 4) is 0 Å². The van der Waals surface area contributed by atoms with Crippen LogP contribution in [0, 0.1) is 17.8 Å². The molecule has 2 aliphatic rings. The van der Waals surface area contributed by atoms with E-state index in [-0.39, 0.29) is 35.9 Å². The molecule has 162 valence electrons. The van der Waals surface area contributed by atoms with Gasteiger partial charge in [-0.15, -0.1) is 0 Å². The number of carbonyl (C=O) groups excluding carboxylic acids is 4. The highest BCUT2D eigenvalue weighted by atomic mass is 16.6. The van der Waals surface area contributed by atoms with E-state index in [4.69, 9.17) is 4.74 Å². The van der Waals surface area contributed by atoms with E-state index in [9.17, 15) is 19.2 Å². The summed E-state index contributed by atoms with van der Waals surface area (Å²) in [5, 5.41) is 2.79. The van der Waals surface area contributed by atoms with Gasteiger partial charge in [-0.25, -0.2) is 4.79 Å². The number of aryl methyl sites for hydroxylation is 1. The van der Waals surface area contributed by atoms with E-state index in [0.29, 0.717) is 30.6 Å². The number of hydrogen-bond donors (Lipinski definition) is 1. The molecule has 0 unspecified atom stereocenters. The number of carbonyl (C=O) groups is 4. The van der Waals surface area contributed by atoms with Crippen molar-refractivity contribution in [3.05, 3.63) is 29.3 Å². The van der Waals surface area contributed by atoms with Gasteiger partial charge in [-0.3, -0.25) is 19.3 Å². The highest BCUT2D eigenvalue weighted by Crippen LogP contribution is 2.31. The molecule has 0 radical (unpaired) electrons. The molecule has 3 rings (SSSR count). The Balaban J connectivity index is 1.74. The van der Waals surface area contributed by atoms with Gasteiger partial charge in [0.1, 0.15) is 11.9 Å². The lowest BCUT2D eigenvalue weighted by atomic mass is 9.86. The maximum atomic E-state index is 13.0. The Hall–Kier alpha value is -2.70. The van der Waals surface area contributed by atoms with Crippen molar-refractivity contribution in [1.29, 1.82) is 0 Å². The van der Waals surface area contributed by atoms with Crippen LogP contribution in [-0.2, 0) is 20.7 Å². The standard InChI is InChI=1S/C23H30N2O5/c1-13(2)20(26)19-7-5-6-15-10-16(8-9-18(15)21(19)27)25-12-17(30-23(25)29)11-24-22(28)14(3)4/h8-10,13-14,17,19H,5-7,11-12H2,1-4H3,(H,24,28)/t17-,19+/m0/s1. The number of anilines is 1. The van der Waals surface area contributed by atoms with E-state index in [1.807, 2.05) is 19.9 Å². The molecule has 1 aliphatic heterocycles. The fourth-order valence-corrected chi connectivity index (χ4v) is 3.94. The zero-order valence-electron chi connectivity index (χ0n) is 18.1. The highest BCUT2D eigenvalue weighted by molar-refractivity contribution is 6.12. The summed E-state index contributed by atoms with van der Waals surface area (Å²) in [5.41, 5.74) is 2.10. The number of benzene rings is 1. The monoisotopic (exact) mass is 414 g/mol. The average Bonchev–Trinajstić information content (AvgIpc) is 3.00. The topological polar surface area (TPSA) is 92.8 Å². The second kappa shape index (κ2) is 8.98. The minimum absolute atomic E-state index is 0.00802. The van der Waals surface area contributed by atoms with Crippen molar-refractivity contribution in [2.75, 3.05) is 18.0 Å². The number of cyclic esters (lactones) is 1. The SMILES string of the molecule is CC(C)C(=O)NC[C@H]1CN(c2ccc3c(c2)CCC[C@H](C(=O)C(C)C)C3=O)C(=O)O1. The van der Waals surface area contributed by atoms with Gasteiger partial charge in [-0.2, -0.15) is 0 Å². The number of rotatable bonds is 6. The van der Waals surface area contributed by atoms with Gasteiger partial charge in [0.15, 0.2) is 5.78 Å². The third-order valence-corrected chi connectivity index (χ3v) is 5.74. The summed E-state index contributed by atoms with van der Waals surface area (Å²) in [6, 6.07) is 5.31. The van der Waals surface area contributed by atoms with E-state index in [1.165, 1.54) is 4.90 Å². The summed E-state index contributed by atoms with van der Waals surface area (Å²) in [4.78, 5) is 51.1. The van der Waals surface area contributed by atoms with Gasteiger partial charge in [0, 0.05) is 23.1 Å². The molecule has 1 fully saturated rings. The molecule has 0 saturated carbocycles. The number of hydrogen-bond acceptors (Lipinski definition) is 5. The molecule has 7 nitrogen and oxygen atoms in total. The lowest BCUT2D eigenvalue weighted by Gasteiger charge is -2.17. The van der Waals surface area contributed by atoms with Crippen LogP contribution in [0.3, 0.4) is 0 Å². The summed E-state index contributed by atoms with van der Waals surface area (Å²) in [5.74, 6) is -1.10. The molecule has 0 spiro atoms. The normalized spacial score (nSPS) is 21.5. The Morgan fingerprint density at radius 2 is 1.90 bits per heavy atom. The summed E-state index contributed by atoms with van der Waals surface area (Å²) < 4.78 is 5.38. The Morgan fingerprint density at radius 3 is 2.57 bits per heavy atom. The minimum Gasteiger partial charge on any atom is -0.442 e. The van der Waals surface area contributed by atoms with Crippen LogP contribution in [-0.4, -0.2) is 42.8 Å². The molecule has 1 aromatic carbocycles. The summed E-state index contributed by atoms with van der Waals surface area (Å²) in [7, 11) is 0. The zero-order valence-corrected chi connectivity index (χ0v) is 18.1. The molecule has 1 heterocycles. The quantitative estimate of drug-likeness (QED) is 0.570. The number of ether oxygens (including phenoxy) is 1. The molecular formula is C23H30N2O5. The number of Topliss-reactive ketones (excluding diaryl/α,β-unsaturated/α-hetero) is 2. The van der Waals surface area contributed by atoms with Gasteiger partial charge in [0.25, 0.3) is 0 Å². The number of fused-ring (bicyclic) bond motifs is 1. The molecular weight excluding hydrogens is 384 g/mol. The van der Waals surface area contributed by atoms with E-state index < -0.39 is 18.1 Å². The average molecular weight is 415 g/mol. The molecule has 1 aromatic rings. The first kappa shape index (κ1) is 22.0. The third kappa shape index (κ3) is 4.55. The Morgan fingerprint density at radius 1 is 1.17 bits per heavy atom. The lowest BCUT2D eigenvalue weighted by Crippen LogP contribution is -2.36.